The lowest BCUT2D eigenvalue weighted by atomic mass is 10.0. The van der Waals surface area contributed by atoms with E-state index in [4.69, 9.17) is 9.47 Å². The van der Waals surface area contributed by atoms with Crippen LogP contribution in [0.5, 0.6) is 0 Å². The first-order valence-corrected chi connectivity index (χ1v) is 9.99. The molecule has 0 radical (unpaired) electrons. The van der Waals surface area contributed by atoms with Crippen LogP contribution in [-0.2, 0) is 15.9 Å². The maximum absolute atomic E-state index is 12.8. The molecular weight excluding hydrogens is 356 g/mol. The molecule has 5 rings (SSSR count). The number of nitrogens with zero attached hydrogens (tertiary/aromatic N) is 4. The largest absolute Gasteiger partial charge is 0.347 e. The van der Waals surface area contributed by atoms with Crippen molar-refractivity contribution in [2.45, 2.75) is 31.5 Å². The zero-order valence-corrected chi connectivity index (χ0v) is 15.8. The molecule has 7 heteroatoms. The predicted molar refractivity (Wildman–Crippen MR) is 104 cm³/mol. The molecular formula is C21H24N4O3. The first kappa shape index (κ1) is 17.6. The highest BCUT2D eigenvalue weighted by Crippen LogP contribution is 2.33. The quantitative estimate of drug-likeness (QED) is 0.798. The lowest BCUT2D eigenvalue weighted by Crippen LogP contribution is -2.47. The maximum Gasteiger partial charge on any atom is 0.256 e. The molecule has 4 heterocycles. The molecule has 3 aliphatic rings. The molecule has 7 nitrogen and oxygen atoms in total. The Labute approximate surface area is 164 Å². The number of ether oxygens (including phenoxy) is 2. The summed E-state index contributed by atoms with van der Waals surface area (Å²) in [4.78, 5) is 25.8. The first-order chi connectivity index (χ1) is 13.7. The van der Waals surface area contributed by atoms with Gasteiger partial charge in [0.05, 0.1) is 18.8 Å². The molecule has 1 aromatic carbocycles. The minimum Gasteiger partial charge on any atom is -0.347 e. The van der Waals surface area contributed by atoms with Gasteiger partial charge in [-0.05, 0) is 24.5 Å². The van der Waals surface area contributed by atoms with E-state index in [1.165, 1.54) is 5.56 Å². The van der Waals surface area contributed by atoms with E-state index >= 15 is 0 Å². The minimum absolute atomic E-state index is 0.0292. The Balaban J connectivity index is 1.29. The molecule has 2 aromatic rings. The fourth-order valence-electron chi connectivity index (χ4n) is 4.33. The molecule has 0 saturated carbocycles. The van der Waals surface area contributed by atoms with Crippen molar-refractivity contribution in [2.24, 2.45) is 0 Å². The standard InChI is InChI=1S/C21H24N4O3/c26-19(24-10-7-21(8-11-24)27-12-13-28-21)17-14-22-20(23-15-17)25-9-3-5-16-4-1-2-6-18(16)25/h1-2,4,6,14-15H,3,5,7-13H2. The van der Waals surface area contributed by atoms with Gasteiger partial charge in [-0.2, -0.15) is 0 Å². The lowest BCUT2D eigenvalue weighted by molar-refractivity contribution is -0.181. The van der Waals surface area contributed by atoms with Crippen molar-refractivity contribution in [3.05, 3.63) is 47.8 Å². The molecule has 146 valence electrons. The number of amides is 1. The van der Waals surface area contributed by atoms with Gasteiger partial charge in [-0.3, -0.25) is 4.79 Å². The molecule has 0 bridgehead atoms. The number of hydrogen-bond acceptors (Lipinski definition) is 6. The first-order valence-electron chi connectivity index (χ1n) is 9.99. The molecule has 3 aliphatic heterocycles. The van der Waals surface area contributed by atoms with Crippen molar-refractivity contribution in [1.82, 2.24) is 14.9 Å². The van der Waals surface area contributed by atoms with E-state index in [2.05, 4.69) is 33.1 Å². The van der Waals surface area contributed by atoms with Gasteiger partial charge in [0, 0.05) is 50.6 Å². The van der Waals surface area contributed by atoms with E-state index < -0.39 is 5.79 Å². The summed E-state index contributed by atoms with van der Waals surface area (Å²) >= 11 is 0. The number of para-hydroxylation sites is 1. The molecule has 1 spiro atoms. The van der Waals surface area contributed by atoms with Crippen LogP contribution in [-0.4, -0.2) is 59.4 Å². The van der Waals surface area contributed by atoms with Crippen LogP contribution in [0, 0.1) is 0 Å². The third kappa shape index (κ3) is 3.14. The number of rotatable bonds is 2. The summed E-state index contributed by atoms with van der Waals surface area (Å²) in [6.45, 7) is 3.42. The SMILES string of the molecule is O=C(c1cnc(N2CCCc3ccccc32)nc1)N1CCC2(CC1)OCCO2. The van der Waals surface area contributed by atoms with Crippen molar-refractivity contribution in [3.63, 3.8) is 0 Å². The van der Waals surface area contributed by atoms with Crippen LogP contribution in [0.4, 0.5) is 11.6 Å². The number of aryl methyl sites for hydroxylation is 1. The van der Waals surface area contributed by atoms with Gasteiger partial charge >= 0.3 is 0 Å². The van der Waals surface area contributed by atoms with E-state index in [0.29, 0.717) is 50.7 Å². The number of anilines is 2. The second-order valence-corrected chi connectivity index (χ2v) is 7.56. The molecule has 1 amide bonds. The van der Waals surface area contributed by atoms with Crippen LogP contribution in [0.25, 0.3) is 0 Å². The van der Waals surface area contributed by atoms with E-state index in [9.17, 15) is 4.79 Å². The van der Waals surface area contributed by atoms with Crippen molar-refractivity contribution in [3.8, 4) is 0 Å². The van der Waals surface area contributed by atoms with Crippen molar-refractivity contribution < 1.29 is 14.3 Å². The fourth-order valence-corrected chi connectivity index (χ4v) is 4.33. The molecule has 0 unspecified atom stereocenters. The van der Waals surface area contributed by atoms with Crippen LogP contribution in [0.15, 0.2) is 36.7 Å². The molecule has 0 N–H and O–H groups in total. The number of hydrogen-bond donors (Lipinski definition) is 0. The van der Waals surface area contributed by atoms with Crippen LogP contribution in [0.3, 0.4) is 0 Å². The normalized spacial score (nSPS) is 21.0. The highest BCUT2D eigenvalue weighted by molar-refractivity contribution is 5.93. The zero-order chi connectivity index (χ0) is 19.0. The zero-order valence-electron chi connectivity index (χ0n) is 15.8. The van der Waals surface area contributed by atoms with Crippen molar-refractivity contribution in [2.75, 3.05) is 37.7 Å². The summed E-state index contributed by atoms with van der Waals surface area (Å²) in [5, 5.41) is 0. The lowest BCUT2D eigenvalue weighted by Gasteiger charge is -2.37. The Bertz CT molecular complexity index is 854. The number of carbonyl (C=O) groups excluding carboxylic acids is 1. The Morgan fingerprint density at radius 2 is 1.71 bits per heavy atom. The second-order valence-electron chi connectivity index (χ2n) is 7.56. The second kappa shape index (κ2) is 7.14. The van der Waals surface area contributed by atoms with E-state index in [1.54, 1.807) is 12.4 Å². The predicted octanol–water partition coefficient (Wildman–Crippen LogP) is 2.54. The number of fused-ring (bicyclic) bond motifs is 1. The maximum atomic E-state index is 12.8. The van der Waals surface area contributed by atoms with Gasteiger partial charge < -0.3 is 19.3 Å². The van der Waals surface area contributed by atoms with Crippen LogP contribution in [0.1, 0.15) is 35.2 Å². The van der Waals surface area contributed by atoms with Gasteiger partial charge in [0.1, 0.15) is 0 Å². The molecule has 28 heavy (non-hydrogen) atoms. The third-order valence-corrected chi connectivity index (χ3v) is 5.86. The highest BCUT2D eigenvalue weighted by Gasteiger charge is 2.41. The number of piperidine rings is 1. The number of benzene rings is 1. The fraction of sp³-hybridized carbons (Fsp3) is 0.476. The molecule has 2 saturated heterocycles. The summed E-state index contributed by atoms with van der Waals surface area (Å²) in [7, 11) is 0. The van der Waals surface area contributed by atoms with E-state index in [1.807, 2.05) is 11.0 Å². The average Bonchev–Trinajstić information content (AvgIpc) is 3.21. The molecule has 1 aromatic heterocycles. The topological polar surface area (TPSA) is 67.8 Å². The summed E-state index contributed by atoms with van der Waals surface area (Å²) in [6, 6.07) is 8.36. The minimum atomic E-state index is -0.473. The van der Waals surface area contributed by atoms with Crippen LogP contribution < -0.4 is 4.90 Å². The number of aromatic nitrogens is 2. The van der Waals surface area contributed by atoms with Crippen LogP contribution in [0.2, 0.25) is 0 Å². The third-order valence-electron chi connectivity index (χ3n) is 5.86. The van der Waals surface area contributed by atoms with Crippen molar-refractivity contribution in [1.29, 1.82) is 0 Å². The Hall–Kier alpha value is -2.51. The highest BCUT2D eigenvalue weighted by atomic mass is 16.7. The van der Waals surface area contributed by atoms with Gasteiger partial charge in [0.15, 0.2) is 5.79 Å². The Kier molecular flexibility index (Phi) is 4.49. The smallest absolute Gasteiger partial charge is 0.256 e. The molecule has 0 aliphatic carbocycles. The van der Waals surface area contributed by atoms with Gasteiger partial charge in [0.25, 0.3) is 5.91 Å². The van der Waals surface area contributed by atoms with Gasteiger partial charge in [-0.1, -0.05) is 18.2 Å². The van der Waals surface area contributed by atoms with Gasteiger partial charge in [-0.25, -0.2) is 9.97 Å². The van der Waals surface area contributed by atoms with Crippen LogP contribution >= 0.6 is 0 Å². The number of likely N-dealkylation sites (tertiary alicyclic amines) is 1. The summed E-state index contributed by atoms with van der Waals surface area (Å²) in [5.41, 5.74) is 3.00. The van der Waals surface area contributed by atoms with Crippen molar-refractivity contribution >= 4 is 17.5 Å². The van der Waals surface area contributed by atoms with Gasteiger partial charge in [-0.15, -0.1) is 0 Å². The number of carbonyl (C=O) groups is 1. The molecule has 0 atom stereocenters. The van der Waals surface area contributed by atoms with E-state index in [0.717, 1.165) is 25.1 Å². The van der Waals surface area contributed by atoms with Gasteiger partial charge in [0.2, 0.25) is 5.95 Å². The summed E-state index contributed by atoms with van der Waals surface area (Å²) in [5.74, 6) is 0.145. The molecule has 2 fully saturated rings. The Morgan fingerprint density at radius 1 is 1.00 bits per heavy atom. The monoisotopic (exact) mass is 380 g/mol. The Morgan fingerprint density at radius 3 is 2.46 bits per heavy atom. The summed E-state index contributed by atoms with van der Waals surface area (Å²) in [6.07, 6.45) is 6.86. The summed E-state index contributed by atoms with van der Waals surface area (Å²) < 4.78 is 11.5. The average molecular weight is 380 g/mol. The van der Waals surface area contributed by atoms with E-state index in [-0.39, 0.29) is 5.91 Å².